The second-order valence-corrected chi connectivity index (χ2v) is 9.11. The summed E-state index contributed by atoms with van der Waals surface area (Å²) in [7, 11) is 3.86. The molecule has 0 fully saturated rings. The summed E-state index contributed by atoms with van der Waals surface area (Å²) in [6.07, 6.45) is 11.1. The minimum atomic E-state index is -1.45. The normalized spacial score (nSPS) is 14.7. The number of rotatable bonds is 4. The van der Waals surface area contributed by atoms with Gasteiger partial charge in [0.25, 0.3) is 0 Å². The van der Waals surface area contributed by atoms with Crippen LogP contribution in [-0.2, 0) is 12.6 Å². The highest BCUT2D eigenvalue weighted by atomic mass is 35.5. The van der Waals surface area contributed by atoms with Gasteiger partial charge in [-0.15, -0.1) is 6.42 Å². The van der Waals surface area contributed by atoms with Crippen LogP contribution < -0.4 is 4.90 Å². The first-order chi connectivity index (χ1) is 16.8. The Morgan fingerprint density at radius 3 is 2.46 bits per heavy atom. The molecule has 0 amide bonds. The zero-order chi connectivity index (χ0) is 24.7. The molecule has 0 saturated heterocycles. The Morgan fingerprint density at radius 2 is 1.77 bits per heavy atom. The molecule has 3 aromatic carbocycles. The summed E-state index contributed by atoms with van der Waals surface area (Å²) in [5.41, 5.74) is 6.21. The van der Waals surface area contributed by atoms with Crippen molar-refractivity contribution in [2.24, 2.45) is 7.05 Å². The monoisotopic (exact) mass is 477 g/mol. The molecule has 0 bridgehead atoms. The molecule has 4 aromatic rings. The molecule has 1 unspecified atom stereocenters. The van der Waals surface area contributed by atoms with Gasteiger partial charge < -0.3 is 14.6 Å². The first kappa shape index (κ1) is 22.7. The number of hydrogen-bond acceptors (Lipinski definition) is 3. The third-order valence-electron chi connectivity index (χ3n) is 6.60. The van der Waals surface area contributed by atoms with Crippen LogP contribution in [0.15, 0.2) is 97.6 Å². The van der Waals surface area contributed by atoms with E-state index in [1.165, 1.54) is 0 Å². The van der Waals surface area contributed by atoms with Gasteiger partial charge in [-0.1, -0.05) is 54.4 Å². The smallest absolute Gasteiger partial charge is 0.156 e. The number of benzene rings is 3. The molecule has 1 aliphatic heterocycles. The van der Waals surface area contributed by atoms with Gasteiger partial charge in [-0.05, 0) is 64.7 Å². The minimum absolute atomic E-state index is 0.602. The molecule has 35 heavy (non-hydrogen) atoms. The second-order valence-electron chi connectivity index (χ2n) is 8.67. The van der Waals surface area contributed by atoms with E-state index in [1.54, 1.807) is 24.7 Å². The Morgan fingerprint density at radius 1 is 1.03 bits per heavy atom. The number of fused-ring (bicyclic) bond motifs is 1. The zero-order valence-corrected chi connectivity index (χ0v) is 20.3. The zero-order valence-electron chi connectivity index (χ0n) is 19.5. The van der Waals surface area contributed by atoms with Crippen molar-refractivity contribution in [2.75, 3.05) is 11.9 Å². The van der Waals surface area contributed by atoms with Crippen LogP contribution in [0.4, 0.5) is 5.69 Å². The number of nitrogens with zero attached hydrogens (tertiary/aromatic N) is 3. The van der Waals surface area contributed by atoms with Crippen LogP contribution in [0.25, 0.3) is 5.57 Å². The van der Waals surface area contributed by atoms with Crippen LogP contribution in [0.3, 0.4) is 0 Å². The van der Waals surface area contributed by atoms with Gasteiger partial charge >= 0.3 is 0 Å². The molecule has 0 aliphatic carbocycles. The molecule has 1 N–H and O–H groups in total. The average Bonchev–Trinajstić information content (AvgIpc) is 3.32. The molecule has 5 heteroatoms. The Kier molecular flexibility index (Phi) is 5.61. The quantitative estimate of drug-likeness (QED) is 0.381. The van der Waals surface area contributed by atoms with Crippen LogP contribution in [0.5, 0.6) is 0 Å². The number of anilines is 1. The summed E-state index contributed by atoms with van der Waals surface area (Å²) in [6, 6.07) is 21.1. The SMILES string of the molecule is C#Cc1cccc(C2=CC(=C)N(C)c3ccc(C(O)(c4ccc(Cl)cc4)c4cncn4C)cc32)c1. The fourth-order valence-electron chi connectivity index (χ4n) is 4.64. The van der Waals surface area contributed by atoms with E-state index in [2.05, 4.69) is 17.5 Å². The molecule has 1 aliphatic rings. The Labute approximate surface area is 210 Å². The minimum Gasteiger partial charge on any atom is -0.374 e. The van der Waals surface area contributed by atoms with E-state index in [9.17, 15) is 5.11 Å². The van der Waals surface area contributed by atoms with Gasteiger partial charge in [-0.2, -0.15) is 0 Å². The van der Waals surface area contributed by atoms with Crippen LogP contribution in [0.1, 0.15) is 33.5 Å². The Bertz CT molecular complexity index is 1520. The molecular formula is C30H24ClN3O. The van der Waals surface area contributed by atoms with E-state index in [1.807, 2.05) is 84.2 Å². The van der Waals surface area contributed by atoms with Crippen molar-refractivity contribution in [2.45, 2.75) is 5.60 Å². The van der Waals surface area contributed by atoms with E-state index >= 15 is 0 Å². The summed E-state index contributed by atoms with van der Waals surface area (Å²) in [6.45, 7) is 4.23. The van der Waals surface area contributed by atoms with E-state index in [4.69, 9.17) is 18.0 Å². The number of imidazole rings is 1. The molecule has 1 aromatic heterocycles. The van der Waals surface area contributed by atoms with Crippen molar-refractivity contribution in [3.8, 4) is 12.3 Å². The van der Waals surface area contributed by atoms with Crippen LogP contribution in [0.2, 0.25) is 5.02 Å². The number of terminal acetylenes is 1. The van der Waals surface area contributed by atoms with E-state index in [0.29, 0.717) is 21.8 Å². The molecule has 1 atom stereocenters. The molecule has 0 spiro atoms. The fraction of sp³-hybridized carbons (Fsp3) is 0.100. The molecule has 172 valence electrons. The number of aromatic nitrogens is 2. The standard InChI is InChI=1S/C30H24ClN3O/c1-5-21-7-6-8-22(16-21)26-15-20(2)34(4)28-14-11-24(17-27(26)28)30(35,29-18-32-19-33(29)3)23-9-12-25(31)13-10-23/h1,6-19,35H,2H2,3-4H3. The Balaban J connectivity index is 1.75. The third-order valence-corrected chi connectivity index (χ3v) is 6.85. The highest BCUT2D eigenvalue weighted by Gasteiger charge is 2.37. The highest BCUT2D eigenvalue weighted by Crippen LogP contribution is 2.43. The van der Waals surface area contributed by atoms with Crippen molar-refractivity contribution in [1.29, 1.82) is 0 Å². The van der Waals surface area contributed by atoms with Gasteiger partial charge in [0.1, 0.15) is 0 Å². The van der Waals surface area contributed by atoms with Crippen molar-refractivity contribution in [3.63, 3.8) is 0 Å². The maximum Gasteiger partial charge on any atom is 0.156 e. The van der Waals surface area contributed by atoms with E-state index in [-0.39, 0.29) is 0 Å². The van der Waals surface area contributed by atoms with Crippen LogP contribution in [0, 0.1) is 12.3 Å². The van der Waals surface area contributed by atoms with Gasteiger partial charge in [0, 0.05) is 41.6 Å². The predicted molar refractivity (Wildman–Crippen MR) is 142 cm³/mol. The number of halogens is 1. The summed E-state index contributed by atoms with van der Waals surface area (Å²) in [5.74, 6) is 2.72. The average molecular weight is 478 g/mol. The first-order valence-electron chi connectivity index (χ1n) is 11.1. The number of aliphatic hydroxyl groups is 1. The van der Waals surface area contributed by atoms with Gasteiger partial charge in [-0.25, -0.2) is 4.98 Å². The van der Waals surface area contributed by atoms with Crippen molar-refractivity contribution in [3.05, 3.63) is 136 Å². The van der Waals surface area contributed by atoms with E-state index in [0.717, 1.165) is 33.6 Å². The summed E-state index contributed by atoms with van der Waals surface area (Å²) in [5, 5.41) is 13.0. The number of likely N-dealkylation sites (N-methyl/N-ethyl adjacent to an activating group) is 1. The van der Waals surface area contributed by atoms with Gasteiger partial charge in [0.2, 0.25) is 0 Å². The second kappa shape index (κ2) is 8.63. The number of hydrogen-bond donors (Lipinski definition) is 1. The highest BCUT2D eigenvalue weighted by molar-refractivity contribution is 6.30. The first-order valence-corrected chi connectivity index (χ1v) is 11.5. The summed E-state index contributed by atoms with van der Waals surface area (Å²) in [4.78, 5) is 6.32. The third kappa shape index (κ3) is 3.76. The van der Waals surface area contributed by atoms with Gasteiger partial charge in [-0.3, -0.25) is 0 Å². The summed E-state index contributed by atoms with van der Waals surface area (Å²) >= 11 is 6.17. The lowest BCUT2D eigenvalue weighted by Crippen LogP contribution is -2.31. The van der Waals surface area contributed by atoms with Crippen LogP contribution >= 0.6 is 11.6 Å². The predicted octanol–water partition coefficient (Wildman–Crippen LogP) is 5.73. The van der Waals surface area contributed by atoms with Crippen LogP contribution in [-0.4, -0.2) is 21.7 Å². The van der Waals surface area contributed by atoms with Crippen molar-refractivity contribution in [1.82, 2.24) is 9.55 Å². The van der Waals surface area contributed by atoms with Crippen molar-refractivity contribution >= 4 is 22.9 Å². The Hall–Kier alpha value is -4.04. The largest absolute Gasteiger partial charge is 0.374 e. The lowest BCUT2D eigenvalue weighted by atomic mass is 9.81. The topological polar surface area (TPSA) is 41.3 Å². The van der Waals surface area contributed by atoms with E-state index < -0.39 is 5.60 Å². The molecule has 0 radical (unpaired) electrons. The van der Waals surface area contributed by atoms with Gasteiger partial charge in [0.05, 0.1) is 18.2 Å². The maximum atomic E-state index is 12.4. The van der Waals surface area contributed by atoms with Gasteiger partial charge in [0.15, 0.2) is 5.60 Å². The molecule has 2 heterocycles. The fourth-order valence-corrected chi connectivity index (χ4v) is 4.77. The number of aryl methyl sites for hydroxylation is 1. The summed E-state index contributed by atoms with van der Waals surface area (Å²) < 4.78 is 1.83. The van der Waals surface area contributed by atoms with Crippen molar-refractivity contribution < 1.29 is 5.11 Å². The lowest BCUT2D eigenvalue weighted by molar-refractivity contribution is 0.117. The maximum absolute atomic E-state index is 12.4. The lowest BCUT2D eigenvalue weighted by Gasteiger charge is -2.34. The number of allylic oxidation sites excluding steroid dienone is 1. The molecule has 5 rings (SSSR count). The molecule has 0 saturated carbocycles. The molecule has 4 nitrogen and oxygen atoms in total. The molecular weight excluding hydrogens is 454 g/mol.